The van der Waals surface area contributed by atoms with E-state index in [1.54, 1.807) is 28.1 Å². The van der Waals surface area contributed by atoms with Gasteiger partial charge >= 0.3 is 18.3 Å². The zero-order valence-corrected chi connectivity index (χ0v) is 31.4. The molecule has 4 N–H and O–H groups in total. The highest BCUT2D eigenvalue weighted by atomic mass is 19.4. The summed E-state index contributed by atoms with van der Waals surface area (Å²) in [6.07, 6.45) is -0.872. The lowest BCUT2D eigenvalue weighted by Crippen LogP contribution is -2.48. The molecule has 3 fully saturated rings. The molecule has 1 aromatic carbocycles. The van der Waals surface area contributed by atoms with Crippen molar-refractivity contribution in [1.29, 1.82) is 0 Å². The van der Waals surface area contributed by atoms with E-state index in [9.17, 15) is 18.0 Å². The molecule has 57 heavy (non-hydrogen) atoms. The molecule has 3 atom stereocenters. The number of aromatic nitrogens is 4. The second-order valence-electron chi connectivity index (χ2n) is 14.9. The van der Waals surface area contributed by atoms with E-state index in [4.69, 9.17) is 35.4 Å². The van der Waals surface area contributed by atoms with Crippen molar-refractivity contribution in [3.8, 4) is 23.1 Å². The smallest absolute Gasteiger partial charge is 0.417 e. The molecular weight excluding hydrogens is 757 g/mol. The molecule has 0 aliphatic carbocycles. The average molecular weight is 800 g/mol. The quantitative estimate of drug-likeness (QED) is 0.166. The standard InChI is InChI=1S/C38H42F5N9O5/c1-20-17-24(44)28(39)25(27(20)38(41,42)43)30-29(40)31-26-33(51(13-16-55-34(26)47-30)21(2)23-5-3-9-46-32(23)45)49-35(48-31)57-19-37-7-4-10-52(37)22(6-8-37)18-56-36(53)50-11-14-54-15-12-50/h3,5,9,17,21-22H,4,6-8,10-16,18-19,44H2,1-2H3,(H2,45,46). The molecule has 4 aliphatic rings. The molecule has 3 unspecified atom stereocenters. The highest BCUT2D eigenvalue weighted by Gasteiger charge is 2.50. The maximum absolute atomic E-state index is 17.1. The number of nitrogen functional groups attached to an aromatic ring is 2. The van der Waals surface area contributed by atoms with Crippen LogP contribution in [0.3, 0.4) is 0 Å². The Morgan fingerprint density at radius 1 is 1.07 bits per heavy atom. The monoisotopic (exact) mass is 799 g/mol. The minimum atomic E-state index is -5.10. The molecule has 3 saturated heterocycles. The topological polar surface area (TPSA) is 167 Å². The van der Waals surface area contributed by atoms with Crippen molar-refractivity contribution in [3.05, 3.63) is 52.7 Å². The van der Waals surface area contributed by atoms with Crippen LogP contribution in [0.25, 0.3) is 22.2 Å². The van der Waals surface area contributed by atoms with Crippen molar-refractivity contribution >= 4 is 34.3 Å². The highest BCUT2D eigenvalue weighted by Crippen LogP contribution is 2.47. The van der Waals surface area contributed by atoms with E-state index in [0.29, 0.717) is 38.3 Å². The molecular formula is C38H42F5N9O5. The molecule has 0 spiro atoms. The second-order valence-corrected chi connectivity index (χ2v) is 14.9. The first kappa shape index (κ1) is 38.6. The summed E-state index contributed by atoms with van der Waals surface area (Å²) in [5.41, 5.74) is 7.13. The molecule has 1 amide bonds. The van der Waals surface area contributed by atoms with E-state index < -0.39 is 63.0 Å². The maximum Gasteiger partial charge on any atom is 0.417 e. The number of nitrogens with two attached hydrogens (primary N) is 2. The number of rotatable bonds is 8. The van der Waals surface area contributed by atoms with Gasteiger partial charge in [-0.25, -0.2) is 23.5 Å². The van der Waals surface area contributed by atoms with Gasteiger partial charge < -0.3 is 40.2 Å². The zero-order valence-electron chi connectivity index (χ0n) is 31.4. The van der Waals surface area contributed by atoms with Crippen LogP contribution in [0.5, 0.6) is 11.9 Å². The molecule has 4 aromatic rings. The van der Waals surface area contributed by atoms with Gasteiger partial charge in [-0.1, -0.05) is 6.07 Å². The van der Waals surface area contributed by atoms with Crippen molar-refractivity contribution in [1.82, 2.24) is 29.7 Å². The van der Waals surface area contributed by atoms with E-state index in [0.717, 1.165) is 38.8 Å². The first-order chi connectivity index (χ1) is 27.3. The molecule has 14 nitrogen and oxygen atoms in total. The SMILES string of the molecule is Cc1cc(N)c(F)c(-c2nc3c4c(nc(OCC56CCCN5C(COC(=O)N5CCOCC5)CC6)nc4c2F)N(C(C)c2cccnc2N)CCO3)c1C(F)(F)F. The number of alkyl halides is 3. The normalized spacial score (nSPS) is 21.6. The summed E-state index contributed by atoms with van der Waals surface area (Å²) in [5.74, 6) is -2.76. The number of morpholine rings is 1. The number of halogens is 5. The zero-order chi connectivity index (χ0) is 40.2. The fraction of sp³-hybridized carbons (Fsp3) is 0.500. The maximum atomic E-state index is 17.1. The number of aryl methyl sites for hydroxylation is 1. The van der Waals surface area contributed by atoms with Gasteiger partial charge in [-0.3, -0.25) is 4.90 Å². The van der Waals surface area contributed by atoms with Gasteiger partial charge in [0.05, 0.1) is 48.2 Å². The fourth-order valence-corrected chi connectivity index (χ4v) is 8.72. The predicted molar refractivity (Wildman–Crippen MR) is 198 cm³/mol. The van der Waals surface area contributed by atoms with Crippen LogP contribution < -0.4 is 25.8 Å². The van der Waals surface area contributed by atoms with Crippen LogP contribution in [-0.4, -0.2) is 107 Å². The highest BCUT2D eigenvalue weighted by molar-refractivity contribution is 5.97. The number of carbonyl (C=O) groups excluding carboxylic acids is 1. The summed E-state index contributed by atoms with van der Waals surface area (Å²) >= 11 is 0. The number of amides is 1. The molecule has 19 heteroatoms. The van der Waals surface area contributed by atoms with E-state index in [1.807, 2.05) is 6.92 Å². The summed E-state index contributed by atoms with van der Waals surface area (Å²) in [6, 6.07) is 3.50. The Kier molecular flexibility index (Phi) is 10.1. The van der Waals surface area contributed by atoms with Crippen LogP contribution in [0, 0.1) is 18.6 Å². The third kappa shape index (κ3) is 6.93. The Bertz CT molecular complexity index is 2210. The van der Waals surface area contributed by atoms with Crippen LogP contribution in [-0.2, 0) is 15.7 Å². The lowest BCUT2D eigenvalue weighted by molar-refractivity contribution is -0.137. The summed E-state index contributed by atoms with van der Waals surface area (Å²) in [5, 5.41) is -0.0475. The van der Waals surface area contributed by atoms with Gasteiger partial charge in [0.2, 0.25) is 5.88 Å². The summed E-state index contributed by atoms with van der Waals surface area (Å²) < 4.78 is 99.8. The van der Waals surface area contributed by atoms with Crippen molar-refractivity contribution in [2.24, 2.45) is 0 Å². The van der Waals surface area contributed by atoms with Crippen LogP contribution in [0.4, 0.5) is 44.1 Å². The average Bonchev–Trinajstić information content (AvgIpc) is 3.70. The number of anilines is 3. The lowest BCUT2D eigenvalue weighted by atomic mass is 9.95. The van der Waals surface area contributed by atoms with Crippen LogP contribution >= 0.6 is 0 Å². The molecule has 8 rings (SSSR count). The van der Waals surface area contributed by atoms with Gasteiger partial charge in [0, 0.05) is 30.9 Å². The number of fused-ring (bicyclic) bond motifs is 1. The molecule has 0 radical (unpaired) electrons. The second kappa shape index (κ2) is 14.9. The van der Waals surface area contributed by atoms with E-state index in [-0.39, 0.29) is 67.4 Å². The van der Waals surface area contributed by atoms with Crippen LogP contribution in [0.1, 0.15) is 55.3 Å². The van der Waals surface area contributed by atoms with Crippen LogP contribution in [0.2, 0.25) is 0 Å². The number of nitrogens with zero attached hydrogens (tertiary/aromatic N) is 7. The van der Waals surface area contributed by atoms with Gasteiger partial charge in [-0.05, 0) is 63.8 Å². The Morgan fingerprint density at radius 2 is 1.86 bits per heavy atom. The van der Waals surface area contributed by atoms with E-state index in [2.05, 4.69) is 19.9 Å². The Morgan fingerprint density at radius 3 is 2.61 bits per heavy atom. The van der Waals surface area contributed by atoms with Crippen molar-refractivity contribution < 1.29 is 45.7 Å². The molecule has 0 bridgehead atoms. The Hall–Kier alpha value is -5.30. The number of hydrogen-bond donors (Lipinski definition) is 2. The number of ether oxygens (including phenoxy) is 4. The number of pyridine rings is 2. The van der Waals surface area contributed by atoms with Gasteiger partial charge in [0.1, 0.15) is 48.1 Å². The van der Waals surface area contributed by atoms with E-state index >= 15 is 8.78 Å². The summed E-state index contributed by atoms with van der Waals surface area (Å²) in [6.45, 7) is 5.90. The molecule has 3 aromatic heterocycles. The molecule has 304 valence electrons. The number of hydrogen-bond acceptors (Lipinski definition) is 13. The fourth-order valence-electron chi connectivity index (χ4n) is 8.72. The van der Waals surface area contributed by atoms with Crippen molar-refractivity contribution in [3.63, 3.8) is 0 Å². The van der Waals surface area contributed by atoms with Gasteiger partial charge in [-0.15, -0.1) is 0 Å². The molecule has 7 heterocycles. The van der Waals surface area contributed by atoms with Gasteiger partial charge in [0.25, 0.3) is 0 Å². The molecule has 4 aliphatic heterocycles. The Balaban J connectivity index is 1.19. The summed E-state index contributed by atoms with van der Waals surface area (Å²) in [7, 11) is 0. The number of benzene rings is 1. The first-order valence-electron chi connectivity index (χ1n) is 18.8. The van der Waals surface area contributed by atoms with Crippen LogP contribution in [0.15, 0.2) is 24.4 Å². The third-order valence-corrected chi connectivity index (χ3v) is 11.5. The third-order valence-electron chi connectivity index (χ3n) is 11.5. The van der Waals surface area contributed by atoms with Crippen molar-refractivity contribution in [2.45, 2.75) is 63.3 Å². The lowest BCUT2D eigenvalue weighted by Gasteiger charge is -2.35. The van der Waals surface area contributed by atoms with E-state index in [1.165, 1.54) is 0 Å². The van der Waals surface area contributed by atoms with Crippen molar-refractivity contribution in [2.75, 3.05) is 75.6 Å². The minimum absolute atomic E-state index is 0.0475. The summed E-state index contributed by atoms with van der Waals surface area (Å²) in [4.78, 5) is 36.0. The number of carbonyl (C=O) groups is 1. The van der Waals surface area contributed by atoms with Gasteiger partial charge in [0.15, 0.2) is 11.6 Å². The molecule has 0 saturated carbocycles. The van der Waals surface area contributed by atoms with Gasteiger partial charge in [-0.2, -0.15) is 23.1 Å². The largest absolute Gasteiger partial charge is 0.475 e. The first-order valence-corrected chi connectivity index (χ1v) is 18.8. The predicted octanol–water partition coefficient (Wildman–Crippen LogP) is 5.66. The minimum Gasteiger partial charge on any atom is -0.475 e. The Labute approximate surface area is 324 Å².